The lowest BCUT2D eigenvalue weighted by molar-refractivity contribution is 0.337. The Kier molecular flexibility index (Phi) is 3.83. The van der Waals surface area contributed by atoms with E-state index in [1.807, 2.05) is 0 Å². The minimum Gasteiger partial charge on any atom is -0.307 e. The van der Waals surface area contributed by atoms with Crippen molar-refractivity contribution in [1.82, 2.24) is 5.32 Å². The van der Waals surface area contributed by atoms with Gasteiger partial charge in [-0.1, -0.05) is 6.92 Å². The van der Waals surface area contributed by atoms with Crippen molar-refractivity contribution < 1.29 is 0 Å². The number of halogens is 1. The number of rotatable bonds is 1. The predicted octanol–water partition coefficient (Wildman–Crippen LogP) is 2.94. The Morgan fingerprint density at radius 2 is 1.73 bits per heavy atom. The fourth-order valence-electron chi connectivity index (χ4n) is 1.80. The Labute approximate surface area is 87.3 Å². The van der Waals surface area contributed by atoms with Crippen molar-refractivity contribution in [2.75, 3.05) is 0 Å². The van der Waals surface area contributed by atoms with Gasteiger partial charge in [-0.15, -0.1) is 24.0 Å². The van der Waals surface area contributed by atoms with E-state index in [1.54, 1.807) is 0 Å². The summed E-state index contributed by atoms with van der Waals surface area (Å²) in [6.07, 6.45) is 3.89. The first-order valence-electron chi connectivity index (χ1n) is 4.27. The van der Waals surface area contributed by atoms with Crippen molar-refractivity contribution in [3.63, 3.8) is 0 Å². The molecule has 0 aromatic rings. The molecule has 1 atom stereocenters. The van der Waals surface area contributed by atoms with Crippen LogP contribution in [0.1, 0.15) is 47.0 Å². The molecule has 11 heavy (non-hydrogen) atoms. The molecule has 1 rings (SSSR count). The highest BCUT2D eigenvalue weighted by molar-refractivity contribution is 14.0. The molecule has 1 unspecified atom stereocenters. The van der Waals surface area contributed by atoms with Crippen molar-refractivity contribution in [2.45, 2.75) is 58.0 Å². The van der Waals surface area contributed by atoms with Crippen LogP contribution in [-0.4, -0.2) is 11.1 Å². The number of hydrogen-bond donors (Lipinski definition) is 1. The highest BCUT2D eigenvalue weighted by atomic mass is 127. The van der Waals surface area contributed by atoms with Gasteiger partial charge in [-0.2, -0.15) is 0 Å². The maximum Gasteiger partial charge on any atom is 0.0156 e. The highest BCUT2D eigenvalue weighted by Gasteiger charge is 2.36. The number of nitrogens with one attached hydrogen (secondary N) is 1. The Morgan fingerprint density at radius 3 is 1.91 bits per heavy atom. The van der Waals surface area contributed by atoms with Crippen LogP contribution in [0.3, 0.4) is 0 Å². The molecule has 2 heteroatoms. The lowest BCUT2D eigenvalue weighted by Crippen LogP contribution is -2.44. The molecule has 1 N–H and O–H groups in total. The molecule has 0 aromatic carbocycles. The molecule has 1 aliphatic rings. The molecule has 0 spiro atoms. The van der Waals surface area contributed by atoms with Gasteiger partial charge in [0.25, 0.3) is 0 Å². The summed E-state index contributed by atoms with van der Waals surface area (Å²) < 4.78 is 0. The Hall–Kier alpha value is 0.690. The van der Waals surface area contributed by atoms with Gasteiger partial charge in [0.15, 0.2) is 0 Å². The predicted molar refractivity (Wildman–Crippen MR) is 60.6 cm³/mol. The van der Waals surface area contributed by atoms with Crippen LogP contribution >= 0.6 is 24.0 Å². The maximum atomic E-state index is 3.66. The quantitative estimate of drug-likeness (QED) is 0.722. The Bertz CT molecular complexity index is 134. The Balaban J connectivity index is 0.000001000. The van der Waals surface area contributed by atoms with E-state index in [0.29, 0.717) is 11.1 Å². The van der Waals surface area contributed by atoms with Crippen molar-refractivity contribution in [3.05, 3.63) is 0 Å². The molecule has 1 aliphatic heterocycles. The standard InChI is InChI=1S/C9H19N.HI/c1-5-9(4)7-6-8(2,3)10-9;/h10H,5-7H2,1-4H3;1H. The molecule has 0 aromatic heterocycles. The van der Waals surface area contributed by atoms with Gasteiger partial charge in [-0.25, -0.2) is 0 Å². The Morgan fingerprint density at radius 1 is 1.18 bits per heavy atom. The molecule has 1 saturated heterocycles. The zero-order valence-corrected chi connectivity index (χ0v) is 10.4. The van der Waals surface area contributed by atoms with Crippen LogP contribution in [0.15, 0.2) is 0 Å². The first-order valence-corrected chi connectivity index (χ1v) is 4.27. The summed E-state index contributed by atoms with van der Waals surface area (Å²) in [5, 5.41) is 3.66. The van der Waals surface area contributed by atoms with E-state index in [4.69, 9.17) is 0 Å². The van der Waals surface area contributed by atoms with Gasteiger partial charge in [0.05, 0.1) is 0 Å². The van der Waals surface area contributed by atoms with E-state index < -0.39 is 0 Å². The third-order valence-electron chi connectivity index (χ3n) is 2.72. The topological polar surface area (TPSA) is 12.0 Å². The monoisotopic (exact) mass is 269 g/mol. The van der Waals surface area contributed by atoms with Crippen molar-refractivity contribution in [3.8, 4) is 0 Å². The molecule has 68 valence electrons. The summed E-state index contributed by atoms with van der Waals surface area (Å²) in [4.78, 5) is 0. The molecular formula is C9H20IN. The second kappa shape index (κ2) is 3.60. The fourth-order valence-corrected chi connectivity index (χ4v) is 1.80. The lowest BCUT2D eigenvalue weighted by atomic mass is 9.97. The average Bonchev–Trinajstić information content (AvgIpc) is 2.08. The molecule has 0 aliphatic carbocycles. The lowest BCUT2D eigenvalue weighted by Gasteiger charge is -2.27. The second-order valence-corrected chi connectivity index (χ2v) is 4.42. The van der Waals surface area contributed by atoms with Crippen LogP contribution in [0, 0.1) is 0 Å². The summed E-state index contributed by atoms with van der Waals surface area (Å²) >= 11 is 0. The maximum absolute atomic E-state index is 3.66. The van der Waals surface area contributed by atoms with Crippen LogP contribution in [0.25, 0.3) is 0 Å². The summed E-state index contributed by atoms with van der Waals surface area (Å²) in [5.41, 5.74) is 0.800. The van der Waals surface area contributed by atoms with E-state index in [-0.39, 0.29) is 24.0 Å². The highest BCUT2D eigenvalue weighted by Crippen LogP contribution is 2.31. The largest absolute Gasteiger partial charge is 0.307 e. The smallest absolute Gasteiger partial charge is 0.0156 e. The number of hydrogen-bond acceptors (Lipinski definition) is 1. The van der Waals surface area contributed by atoms with Gasteiger partial charge in [-0.3, -0.25) is 0 Å². The normalized spacial score (nSPS) is 34.9. The SMILES string of the molecule is CCC1(C)CCC(C)(C)N1.I. The fraction of sp³-hybridized carbons (Fsp3) is 1.00. The second-order valence-electron chi connectivity index (χ2n) is 4.42. The molecule has 1 heterocycles. The average molecular weight is 269 g/mol. The van der Waals surface area contributed by atoms with Gasteiger partial charge in [0.1, 0.15) is 0 Å². The summed E-state index contributed by atoms with van der Waals surface area (Å²) in [7, 11) is 0. The van der Waals surface area contributed by atoms with Gasteiger partial charge in [0.2, 0.25) is 0 Å². The van der Waals surface area contributed by atoms with Gasteiger partial charge >= 0.3 is 0 Å². The van der Waals surface area contributed by atoms with E-state index >= 15 is 0 Å². The molecule has 1 nitrogen and oxygen atoms in total. The third-order valence-corrected chi connectivity index (χ3v) is 2.72. The molecular weight excluding hydrogens is 249 g/mol. The van der Waals surface area contributed by atoms with Crippen molar-refractivity contribution >= 4 is 24.0 Å². The molecule has 1 fully saturated rings. The van der Waals surface area contributed by atoms with Crippen molar-refractivity contribution in [2.24, 2.45) is 0 Å². The van der Waals surface area contributed by atoms with Crippen LogP contribution < -0.4 is 5.32 Å². The van der Waals surface area contributed by atoms with Crippen LogP contribution in [-0.2, 0) is 0 Å². The first kappa shape index (κ1) is 11.7. The van der Waals surface area contributed by atoms with Gasteiger partial charge in [0, 0.05) is 11.1 Å². The van der Waals surface area contributed by atoms with E-state index in [0.717, 1.165) is 0 Å². The zero-order chi connectivity index (χ0) is 7.83. The molecule has 0 saturated carbocycles. The molecule has 0 amide bonds. The summed E-state index contributed by atoms with van der Waals surface area (Å²) in [6.45, 7) is 9.15. The van der Waals surface area contributed by atoms with Crippen molar-refractivity contribution in [1.29, 1.82) is 0 Å². The van der Waals surface area contributed by atoms with E-state index in [2.05, 4.69) is 33.0 Å². The summed E-state index contributed by atoms with van der Waals surface area (Å²) in [5.74, 6) is 0. The van der Waals surface area contributed by atoms with Gasteiger partial charge in [-0.05, 0) is 40.0 Å². The minimum absolute atomic E-state index is 0. The third kappa shape index (κ3) is 2.90. The zero-order valence-electron chi connectivity index (χ0n) is 8.03. The van der Waals surface area contributed by atoms with Crippen LogP contribution in [0.5, 0.6) is 0 Å². The molecule has 0 bridgehead atoms. The van der Waals surface area contributed by atoms with Gasteiger partial charge < -0.3 is 5.32 Å². The first-order chi connectivity index (χ1) is 4.47. The minimum atomic E-state index is 0. The van der Waals surface area contributed by atoms with E-state index in [9.17, 15) is 0 Å². The van der Waals surface area contributed by atoms with Crippen LogP contribution in [0.2, 0.25) is 0 Å². The van der Waals surface area contributed by atoms with Crippen LogP contribution in [0.4, 0.5) is 0 Å². The van der Waals surface area contributed by atoms with E-state index in [1.165, 1.54) is 19.3 Å². The summed E-state index contributed by atoms with van der Waals surface area (Å²) in [6, 6.07) is 0. The molecule has 0 radical (unpaired) electrons.